The lowest BCUT2D eigenvalue weighted by atomic mass is 10.1. The van der Waals surface area contributed by atoms with Crippen LogP contribution < -0.4 is 10.6 Å². The van der Waals surface area contributed by atoms with Crippen LogP contribution in [0.5, 0.6) is 0 Å². The molecule has 0 radical (unpaired) electrons. The molecule has 0 atom stereocenters. The molecule has 0 aliphatic carbocycles. The third-order valence-corrected chi connectivity index (χ3v) is 3.78. The number of anilines is 1. The van der Waals surface area contributed by atoms with Crippen LogP contribution in [0.3, 0.4) is 0 Å². The van der Waals surface area contributed by atoms with Crippen LogP contribution in [-0.2, 0) is 0 Å². The summed E-state index contributed by atoms with van der Waals surface area (Å²) in [6.45, 7) is 5.85. The first kappa shape index (κ1) is 16.8. The van der Waals surface area contributed by atoms with E-state index in [-0.39, 0.29) is 11.0 Å². The van der Waals surface area contributed by atoms with E-state index < -0.39 is 0 Å². The Morgan fingerprint density at radius 2 is 1.77 bits per heavy atom. The molecule has 1 amide bonds. The molecule has 2 aromatic rings. The van der Waals surface area contributed by atoms with Crippen molar-refractivity contribution in [3.63, 3.8) is 0 Å². The minimum atomic E-state index is -0.229. The molecule has 0 fully saturated rings. The number of halogens is 1. The van der Waals surface area contributed by atoms with E-state index in [9.17, 15) is 4.79 Å². The van der Waals surface area contributed by atoms with Gasteiger partial charge >= 0.3 is 0 Å². The molecule has 0 aliphatic rings. The third-order valence-electron chi connectivity index (χ3n) is 2.99. The third kappa shape index (κ3) is 4.48. The zero-order valence-electron chi connectivity index (χ0n) is 12.5. The number of aromatic nitrogens is 1. The van der Waals surface area contributed by atoms with E-state index >= 15 is 0 Å². The summed E-state index contributed by atoms with van der Waals surface area (Å²) in [6.07, 6.45) is 1.74. The van der Waals surface area contributed by atoms with Gasteiger partial charge in [0.15, 0.2) is 5.11 Å². The Morgan fingerprint density at radius 3 is 2.36 bits per heavy atom. The Labute approximate surface area is 148 Å². The van der Waals surface area contributed by atoms with Crippen molar-refractivity contribution >= 4 is 51.6 Å². The van der Waals surface area contributed by atoms with Crippen molar-refractivity contribution in [2.75, 3.05) is 5.32 Å². The van der Waals surface area contributed by atoms with Crippen LogP contribution >= 0.6 is 34.8 Å². The van der Waals surface area contributed by atoms with E-state index in [0.717, 1.165) is 20.3 Å². The molecule has 0 bridgehead atoms. The summed E-state index contributed by atoms with van der Waals surface area (Å²) in [7, 11) is 0. The zero-order valence-corrected chi connectivity index (χ0v) is 15.5. The second-order valence-corrected chi connectivity index (χ2v) is 6.76. The molecule has 2 rings (SSSR count). The number of rotatable bonds is 2. The van der Waals surface area contributed by atoms with E-state index in [2.05, 4.69) is 38.2 Å². The van der Waals surface area contributed by atoms with Gasteiger partial charge in [-0.1, -0.05) is 17.2 Å². The Balaban J connectivity index is 2.06. The molecule has 1 aromatic heterocycles. The van der Waals surface area contributed by atoms with Crippen molar-refractivity contribution in [3.8, 4) is 0 Å². The molecule has 0 spiro atoms. The number of nitrogens with one attached hydrogen (secondary N) is 2. The number of amides is 1. The Bertz CT molecular complexity index is 726. The van der Waals surface area contributed by atoms with Crippen molar-refractivity contribution in [3.05, 3.63) is 56.3 Å². The maximum atomic E-state index is 12.2. The molecule has 4 nitrogen and oxygen atoms in total. The molecule has 1 heterocycles. The molecule has 1 aromatic carbocycles. The molecular weight excluding hydrogens is 409 g/mol. The van der Waals surface area contributed by atoms with E-state index in [1.807, 2.05) is 45.0 Å². The van der Waals surface area contributed by atoms with Gasteiger partial charge in [0.25, 0.3) is 5.91 Å². The number of pyridine rings is 1. The van der Waals surface area contributed by atoms with Crippen molar-refractivity contribution in [2.45, 2.75) is 20.8 Å². The number of hydrogen-bond acceptors (Lipinski definition) is 3. The van der Waals surface area contributed by atoms with Crippen molar-refractivity contribution in [2.24, 2.45) is 0 Å². The van der Waals surface area contributed by atoms with Crippen molar-refractivity contribution in [1.29, 1.82) is 0 Å². The number of benzene rings is 1. The highest BCUT2D eigenvalue weighted by Crippen LogP contribution is 2.14. The highest BCUT2D eigenvalue weighted by molar-refractivity contribution is 14.1. The van der Waals surface area contributed by atoms with E-state index in [4.69, 9.17) is 12.2 Å². The fourth-order valence-electron chi connectivity index (χ4n) is 2.09. The topological polar surface area (TPSA) is 54.0 Å². The monoisotopic (exact) mass is 425 g/mol. The van der Waals surface area contributed by atoms with Crippen LogP contribution in [0.25, 0.3) is 0 Å². The second kappa shape index (κ2) is 7.15. The SMILES string of the molecule is Cc1cc(C)cc(C(=O)NC(=S)Nc2ncc(I)cc2C)c1. The summed E-state index contributed by atoms with van der Waals surface area (Å²) in [6, 6.07) is 7.68. The lowest BCUT2D eigenvalue weighted by molar-refractivity contribution is 0.0977. The van der Waals surface area contributed by atoms with Gasteiger partial charge in [0.1, 0.15) is 5.82 Å². The average Bonchev–Trinajstić information content (AvgIpc) is 2.40. The van der Waals surface area contributed by atoms with Crippen LogP contribution in [0.4, 0.5) is 5.82 Å². The molecular formula is C16H16IN3OS. The van der Waals surface area contributed by atoms with Crippen molar-refractivity contribution < 1.29 is 4.79 Å². The van der Waals surface area contributed by atoms with Crippen LogP contribution in [0, 0.1) is 24.3 Å². The van der Waals surface area contributed by atoms with Gasteiger partial charge in [-0.05, 0) is 79.3 Å². The van der Waals surface area contributed by atoms with E-state index in [1.165, 1.54) is 0 Å². The minimum absolute atomic E-state index is 0.229. The van der Waals surface area contributed by atoms with Crippen LogP contribution in [0.15, 0.2) is 30.5 Å². The number of carbonyl (C=O) groups is 1. The minimum Gasteiger partial charge on any atom is -0.317 e. The van der Waals surface area contributed by atoms with Crippen LogP contribution in [0.1, 0.15) is 27.0 Å². The molecule has 114 valence electrons. The number of thiocarbonyl (C=S) groups is 1. The summed E-state index contributed by atoms with van der Waals surface area (Å²) in [5.41, 5.74) is 3.64. The molecule has 0 aliphatic heterocycles. The predicted octanol–water partition coefficient (Wildman–Crippen LogP) is 3.74. The van der Waals surface area contributed by atoms with Gasteiger partial charge in [-0.3, -0.25) is 10.1 Å². The summed E-state index contributed by atoms with van der Waals surface area (Å²) < 4.78 is 1.05. The zero-order chi connectivity index (χ0) is 16.3. The van der Waals surface area contributed by atoms with Gasteiger partial charge < -0.3 is 5.32 Å². The summed E-state index contributed by atoms with van der Waals surface area (Å²) in [5, 5.41) is 5.87. The summed E-state index contributed by atoms with van der Waals surface area (Å²) in [4.78, 5) is 16.5. The summed E-state index contributed by atoms with van der Waals surface area (Å²) in [5.74, 6) is 0.415. The standard InChI is InChI=1S/C16H16IN3OS/c1-9-4-10(2)6-12(5-9)15(21)20-16(22)19-14-11(3)7-13(17)8-18-14/h4-8H,1-3H3,(H2,18,19,20,21,22). The van der Waals surface area contributed by atoms with Crippen LogP contribution in [0.2, 0.25) is 0 Å². The molecule has 6 heteroatoms. The molecule has 0 unspecified atom stereocenters. The van der Waals surface area contributed by atoms with E-state index in [1.54, 1.807) is 6.20 Å². The number of aryl methyl sites for hydroxylation is 3. The van der Waals surface area contributed by atoms with Gasteiger partial charge in [-0.2, -0.15) is 0 Å². The van der Waals surface area contributed by atoms with Gasteiger partial charge in [-0.15, -0.1) is 0 Å². The molecule has 0 saturated carbocycles. The smallest absolute Gasteiger partial charge is 0.257 e. The molecule has 0 saturated heterocycles. The Kier molecular flexibility index (Phi) is 5.47. The normalized spacial score (nSPS) is 10.2. The molecule has 2 N–H and O–H groups in total. The Morgan fingerprint density at radius 1 is 1.14 bits per heavy atom. The van der Waals surface area contributed by atoms with Gasteiger partial charge in [0.05, 0.1) is 0 Å². The van der Waals surface area contributed by atoms with E-state index in [0.29, 0.717) is 11.4 Å². The quantitative estimate of drug-likeness (QED) is 0.569. The first-order chi connectivity index (χ1) is 10.3. The first-order valence-corrected chi connectivity index (χ1v) is 8.16. The lowest BCUT2D eigenvalue weighted by Crippen LogP contribution is -2.34. The maximum Gasteiger partial charge on any atom is 0.257 e. The summed E-state index contributed by atoms with van der Waals surface area (Å²) >= 11 is 7.38. The Hall–Kier alpha value is -1.54. The average molecular weight is 425 g/mol. The van der Waals surface area contributed by atoms with Crippen molar-refractivity contribution in [1.82, 2.24) is 10.3 Å². The molecule has 22 heavy (non-hydrogen) atoms. The maximum absolute atomic E-state index is 12.2. The predicted molar refractivity (Wildman–Crippen MR) is 101 cm³/mol. The number of carbonyl (C=O) groups excluding carboxylic acids is 1. The largest absolute Gasteiger partial charge is 0.317 e. The fourth-order valence-corrected chi connectivity index (χ4v) is 2.89. The van der Waals surface area contributed by atoms with Gasteiger partial charge in [0.2, 0.25) is 0 Å². The number of nitrogens with zero attached hydrogens (tertiary/aromatic N) is 1. The fraction of sp³-hybridized carbons (Fsp3) is 0.188. The second-order valence-electron chi connectivity index (χ2n) is 5.10. The lowest BCUT2D eigenvalue weighted by Gasteiger charge is -2.11. The van der Waals surface area contributed by atoms with Gasteiger partial charge in [-0.25, -0.2) is 4.98 Å². The number of hydrogen-bond donors (Lipinski definition) is 2. The van der Waals surface area contributed by atoms with Crippen LogP contribution in [-0.4, -0.2) is 16.0 Å². The van der Waals surface area contributed by atoms with Gasteiger partial charge in [0, 0.05) is 15.3 Å². The highest BCUT2D eigenvalue weighted by Gasteiger charge is 2.10. The first-order valence-electron chi connectivity index (χ1n) is 6.68. The highest BCUT2D eigenvalue weighted by atomic mass is 127.